The molecule has 1 saturated carbocycles. The van der Waals surface area contributed by atoms with Crippen LogP contribution in [0.25, 0.3) is 0 Å². The van der Waals surface area contributed by atoms with E-state index in [2.05, 4.69) is 19.6 Å². The average Bonchev–Trinajstić information content (AvgIpc) is 3.39. The average molecular weight is 996 g/mol. The molecule has 0 unspecified atom stereocenters. The maximum absolute atomic E-state index is 15.1. The van der Waals surface area contributed by atoms with Gasteiger partial charge in [-0.05, 0) is 97.5 Å². The van der Waals surface area contributed by atoms with Crippen molar-refractivity contribution in [3.05, 3.63) is 118 Å². The van der Waals surface area contributed by atoms with Crippen molar-refractivity contribution in [3.8, 4) is 17.2 Å². The van der Waals surface area contributed by atoms with Crippen LogP contribution in [0.3, 0.4) is 0 Å². The lowest BCUT2D eigenvalue weighted by Gasteiger charge is -2.60. The number of ether oxygens (including phenoxy) is 4. The second-order valence-electron chi connectivity index (χ2n) is 19.3. The largest absolute Gasteiger partial charge is 0.459 e. The van der Waals surface area contributed by atoms with Crippen molar-refractivity contribution in [1.82, 2.24) is 4.90 Å². The number of aliphatic hydroxyl groups is 3. The second-order valence-corrected chi connectivity index (χ2v) is 19.3. The molecule has 72 heavy (non-hydrogen) atoms. The molecule has 392 valence electrons. The van der Waals surface area contributed by atoms with Gasteiger partial charge in [-0.1, -0.05) is 101 Å². The quantitative estimate of drug-likeness (QED) is 0.0168. The van der Waals surface area contributed by atoms with Crippen LogP contribution in [0, 0.1) is 27.9 Å². The van der Waals surface area contributed by atoms with Crippen molar-refractivity contribution in [3.63, 3.8) is 0 Å². The minimum atomic E-state index is -1.49. The fourth-order valence-corrected chi connectivity index (χ4v) is 10.9. The lowest BCUT2D eigenvalue weighted by molar-refractivity contribution is -0.384. The molecule has 0 saturated heterocycles. The van der Waals surface area contributed by atoms with E-state index in [-0.39, 0.29) is 88.6 Å². The van der Waals surface area contributed by atoms with Gasteiger partial charge in [-0.15, -0.1) is 6.58 Å². The number of benzene rings is 3. The van der Waals surface area contributed by atoms with Gasteiger partial charge in [0.15, 0.2) is 0 Å². The zero-order chi connectivity index (χ0) is 51.1. The molecule has 2 aliphatic carbocycles. The Balaban J connectivity index is 1.50. The first-order valence-corrected chi connectivity index (χ1v) is 26.4. The molecule has 1 amide bonds. The number of nitrogens with zero attached hydrogens (tertiary/aromatic N) is 3. The number of non-ortho nitro benzene ring substituents is 1. The normalized spacial score (nSPS) is 21.5. The predicted octanol–water partition coefficient (Wildman–Crippen LogP) is 10.8. The van der Waals surface area contributed by atoms with Gasteiger partial charge in [-0.25, -0.2) is 0 Å². The third-order valence-electron chi connectivity index (χ3n) is 14.3. The number of oxime groups is 1. The Labute approximate surface area is 425 Å². The van der Waals surface area contributed by atoms with E-state index in [4.69, 9.17) is 28.9 Å². The molecule has 3 aliphatic rings. The second kappa shape index (κ2) is 29.3. The van der Waals surface area contributed by atoms with Gasteiger partial charge >= 0.3 is 0 Å². The van der Waals surface area contributed by atoms with Crippen LogP contribution in [0.1, 0.15) is 143 Å². The Bertz CT molecular complexity index is 2250. The summed E-state index contributed by atoms with van der Waals surface area (Å²) in [6, 6.07) is 18.0. The molecule has 3 aromatic carbocycles. The molecule has 0 radical (unpaired) electrons. The SMILES string of the molecule is C=CCO[C@@]12Oc3ccc(Oc4cccc(C=O)c4)cc3[C@H]3[C@H](CCCCO)[C@@H](CCCCO)C=C(C(=NOCc4ccc([N+](=O)[O-])cc4)C[C@@H]1N(CCOCCO)C(=O)CCCCCCCCCCC)[C@H]32. The molecule has 15 heteroatoms. The molecule has 1 fully saturated rings. The zero-order valence-electron chi connectivity index (χ0n) is 42.2. The van der Waals surface area contributed by atoms with Crippen molar-refractivity contribution >= 4 is 23.6 Å². The van der Waals surface area contributed by atoms with Crippen LogP contribution in [0.2, 0.25) is 0 Å². The standard InChI is InChI=1S/C57H77N3O12/c1-3-5-6-7-8-9-10-11-12-22-54(65)59(29-34-68-35-32-63)53-39-51(58-70-41-42-23-25-45(26-24-42)60(66)67)49-37-44(19-13-15-30-61)48(21-14-16-31-62)55-50-38-47(71-46-20-17-18-43(36-46)40-64)27-28-52(50)72-57(53,56(49)55)69-33-4-2/h4,17-18,20,23-28,36-38,40,44,48,53,55-56,61-63H,2-3,5-16,19,21-22,29-35,39,41H2,1H3/t44-,48+,53-,55+,56+,57+/m0/s1. The predicted molar refractivity (Wildman–Crippen MR) is 276 cm³/mol. The summed E-state index contributed by atoms with van der Waals surface area (Å²) in [5.74, 6) is -0.923. The molecule has 6 rings (SSSR count). The fourth-order valence-electron chi connectivity index (χ4n) is 10.9. The number of hydrogen-bond acceptors (Lipinski definition) is 13. The van der Waals surface area contributed by atoms with Crippen LogP contribution in [-0.4, -0.2) is 101 Å². The molecule has 3 N–H and O–H groups in total. The van der Waals surface area contributed by atoms with E-state index in [1.165, 1.54) is 44.2 Å². The smallest absolute Gasteiger partial charge is 0.269 e. The van der Waals surface area contributed by atoms with Gasteiger partial charge in [-0.2, -0.15) is 0 Å². The summed E-state index contributed by atoms with van der Waals surface area (Å²) in [5, 5.41) is 46.1. The molecule has 15 nitrogen and oxygen atoms in total. The first-order valence-electron chi connectivity index (χ1n) is 26.4. The summed E-state index contributed by atoms with van der Waals surface area (Å²) in [4.78, 5) is 45.9. The van der Waals surface area contributed by atoms with Crippen LogP contribution in [0.5, 0.6) is 17.2 Å². The molecule has 3 aromatic rings. The zero-order valence-corrected chi connectivity index (χ0v) is 42.2. The van der Waals surface area contributed by atoms with Gasteiger partial charge in [0.25, 0.3) is 5.69 Å². The number of fused-ring (bicyclic) bond motifs is 2. The number of nitro benzene ring substituents is 1. The van der Waals surface area contributed by atoms with Crippen LogP contribution >= 0.6 is 0 Å². The van der Waals surface area contributed by atoms with E-state index < -0.39 is 22.7 Å². The van der Waals surface area contributed by atoms with Crippen LogP contribution in [-0.2, 0) is 25.7 Å². The number of aliphatic hydroxyl groups excluding tert-OH is 3. The number of aldehydes is 1. The summed E-state index contributed by atoms with van der Waals surface area (Å²) < 4.78 is 26.9. The Morgan fingerprint density at radius 1 is 0.889 bits per heavy atom. The van der Waals surface area contributed by atoms with E-state index in [1.807, 2.05) is 23.1 Å². The first-order chi connectivity index (χ1) is 35.2. The van der Waals surface area contributed by atoms with E-state index in [0.717, 1.165) is 62.4 Å². The van der Waals surface area contributed by atoms with E-state index in [1.54, 1.807) is 42.5 Å². The highest BCUT2D eigenvalue weighted by atomic mass is 16.7. The van der Waals surface area contributed by atoms with E-state index in [9.17, 15) is 30.2 Å². The number of amides is 1. The number of carbonyl (C=O) groups excluding carboxylic acids is 2. The summed E-state index contributed by atoms with van der Waals surface area (Å²) >= 11 is 0. The molecule has 0 spiro atoms. The number of rotatable bonds is 34. The van der Waals surface area contributed by atoms with Crippen molar-refractivity contribution in [1.29, 1.82) is 0 Å². The molecule has 1 heterocycles. The fraction of sp³-hybridized carbons (Fsp3) is 0.561. The molecular weight excluding hydrogens is 919 g/mol. The summed E-state index contributed by atoms with van der Waals surface area (Å²) in [5.41, 5.74) is 3.46. The summed E-state index contributed by atoms with van der Waals surface area (Å²) in [6.07, 6.45) is 19.3. The van der Waals surface area contributed by atoms with Crippen molar-refractivity contribution in [2.24, 2.45) is 22.9 Å². The van der Waals surface area contributed by atoms with Gasteiger partial charge < -0.3 is 44.0 Å². The monoisotopic (exact) mass is 996 g/mol. The molecule has 0 aromatic heterocycles. The number of carbonyl (C=O) groups is 2. The van der Waals surface area contributed by atoms with Gasteiger partial charge in [0.1, 0.15) is 36.2 Å². The van der Waals surface area contributed by atoms with Crippen molar-refractivity contribution < 1.29 is 53.6 Å². The van der Waals surface area contributed by atoms with Crippen LogP contribution < -0.4 is 9.47 Å². The third-order valence-corrected chi connectivity index (χ3v) is 14.3. The maximum Gasteiger partial charge on any atom is 0.269 e. The highest BCUT2D eigenvalue weighted by Crippen LogP contribution is 2.62. The number of unbranched alkanes of at least 4 members (excludes halogenated alkanes) is 10. The molecule has 1 aliphatic heterocycles. The van der Waals surface area contributed by atoms with E-state index >= 15 is 4.79 Å². The Hall–Kier alpha value is -5.45. The summed E-state index contributed by atoms with van der Waals surface area (Å²) in [6.45, 7) is 6.75. The molecule has 6 atom stereocenters. The Kier molecular flexibility index (Phi) is 22.7. The Morgan fingerprint density at radius 2 is 1.61 bits per heavy atom. The highest BCUT2D eigenvalue weighted by Gasteiger charge is 2.65. The van der Waals surface area contributed by atoms with Crippen molar-refractivity contribution in [2.45, 2.75) is 140 Å². The van der Waals surface area contributed by atoms with Crippen LogP contribution in [0.4, 0.5) is 5.69 Å². The van der Waals surface area contributed by atoms with Gasteiger partial charge in [0.2, 0.25) is 11.7 Å². The molecule has 0 bridgehead atoms. The third kappa shape index (κ3) is 14.8. The lowest BCUT2D eigenvalue weighted by Crippen LogP contribution is -2.70. The number of allylic oxidation sites excluding steroid dienone is 1. The number of hydrogen-bond donors (Lipinski definition) is 3. The minimum absolute atomic E-state index is 0.0175. The topological polar surface area (TPSA) is 200 Å². The van der Waals surface area contributed by atoms with Gasteiger partial charge in [0.05, 0.1) is 43.0 Å². The maximum atomic E-state index is 15.1. The molecular formula is C57H77N3O12. The Morgan fingerprint density at radius 3 is 2.31 bits per heavy atom. The number of nitro groups is 1. The van der Waals surface area contributed by atoms with E-state index in [0.29, 0.717) is 59.8 Å². The van der Waals surface area contributed by atoms with Gasteiger partial charge in [-0.3, -0.25) is 19.7 Å². The minimum Gasteiger partial charge on any atom is -0.459 e. The lowest BCUT2D eigenvalue weighted by atomic mass is 9.55. The van der Waals surface area contributed by atoms with Crippen LogP contribution in [0.15, 0.2) is 96.2 Å². The van der Waals surface area contributed by atoms with Gasteiger partial charge in [0, 0.05) is 61.8 Å². The van der Waals surface area contributed by atoms with Crippen molar-refractivity contribution in [2.75, 3.05) is 46.2 Å². The summed E-state index contributed by atoms with van der Waals surface area (Å²) in [7, 11) is 0. The first kappa shape index (κ1) is 55.9. The highest BCUT2D eigenvalue weighted by molar-refractivity contribution is 6.03.